The molecule has 8 heteroatoms. The lowest BCUT2D eigenvalue weighted by atomic mass is 9.80. The van der Waals surface area contributed by atoms with Crippen LogP contribution in [0.5, 0.6) is 0 Å². The van der Waals surface area contributed by atoms with Crippen molar-refractivity contribution in [3.8, 4) is 0 Å². The molecule has 2 aromatic rings. The number of rotatable bonds is 6. The Bertz CT molecular complexity index is 668. The highest BCUT2D eigenvalue weighted by molar-refractivity contribution is 5.44. The van der Waals surface area contributed by atoms with E-state index in [0.717, 1.165) is 37.2 Å². The molecule has 124 valence electrons. The zero-order chi connectivity index (χ0) is 16.4. The van der Waals surface area contributed by atoms with Crippen LogP contribution in [0, 0.1) is 0 Å². The number of nitrogens with two attached hydrogens (primary N) is 1. The van der Waals surface area contributed by atoms with Crippen LogP contribution in [0.2, 0.25) is 0 Å². The number of aryl methyl sites for hydroxylation is 1. The van der Waals surface area contributed by atoms with E-state index in [9.17, 15) is 5.11 Å². The van der Waals surface area contributed by atoms with E-state index in [0.29, 0.717) is 18.3 Å². The summed E-state index contributed by atoms with van der Waals surface area (Å²) < 4.78 is 5.25. The molecule has 3 N–H and O–H groups in total. The first kappa shape index (κ1) is 15.7. The molecule has 0 aromatic carbocycles. The highest BCUT2D eigenvalue weighted by Crippen LogP contribution is 2.36. The van der Waals surface area contributed by atoms with Gasteiger partial charge in [-0.1, -0.05) is 12.1 Å². The quantitative estimate of drug-likeness (QED) is 0.818. The van der Waals surface area contributed by atoms with Gasteiger partial charge in [-0.25, -0.2) is 4.98 Å². The Labute approximate surface area is 134 Å². The Balaban J connectivity index is 1.71. The summed E-state index contributed by atoms with van der Waals surface area (Å²) in [7, 11) is 1.89. The predicted molar refractivity (Wildman–Crippen MR) is 84.8 cm³/mol. The van der Waals surface area contributed by atoms with Crippen molar-refractivity contribution < 1.29 is 9.63 Å². The second-order valence-corrected chi connectivity index (χ2v) is 6.04. The minimum absolute atomic E-state index is 0.229. The van der Waals surface area contributed by atoms with Crippen LogP contribution in [-0.4, -0.2) is 38.4 Å². The van der Waals surface area contributed by atoms with Crippen molar-refractivity contribution in [1.29, 1.82) is 0 Å². The summed E-state index contributed by atoms with van der Waals surface area (Å²) in [5, 5.41) is 13.4. The molecule has 0 amide bonds. The van der Waals surface area contributed by atoms with Crippen LogP contribution in [0.3, 0.4) is 0 Å². The lowest BCUT2D eigenvalue weighted by molar-refractivity contribution is 0.0732. The molecule has 0 saturated heterocycles. The van der Waals surface area contributed by atoms with E-state index in [1.54, 1.807) is 0 Å². The molecular formula is C15H22N6O2. The van der Waals surface area contributed by atoms with E-state index in [1.807, 2.05) is 18.0 Å². The van der Waals surface area contributed by atoms with Crippen molar-refractivity contribution in [2.24, 2.45) is 0 Å². The molecule has 3 rings (SSSR count). The average Bonchev–Trinajstić information content (AvgIpc) is 2.91. The molecule has 2 heterocycles. The fraction of sp³-hybridized carbons (Fsp3) is 0.600. The van der Waals surface area contributed by atoms with Gasteiger partial charge in [0.1, 0.15) is 5.82 Å². The van der Waals surface area contributed by atoms with Crippen LogP contribution < -0.4 is 10.6 Å². The molecule has 0 aliphatic heterocycles. The van der Waals surface area contributed by atoms with Crippen molar-refractivity contribution in [2.45, 2.75) is 51.2 Å². The van der Waals surface area contributed by atoms with Crippen molar-refractivity contribution in [2.75, 3.05) is 17.7 Å². The number of nitrogens with zero attached hydrogens (tertiary/aromatic N) is 5. The zero-order valence-corrected chi connectivity index (χ0v) is 13.4. The van der Waals surface area contributed by atoms with Gasteiger partial charge in [-0.2, -0.15) is 9.97 Å². The third-order valence-corrected chi connectivity index (χ3v) is 4.03. The average molecular weight is 318 g/mol. The normalized spacial score (nSPS) is 20.3. The number of aromatic nitrogens is 4. The van der Waals surface area contributed by atoms with Gasteiger partial charge in [-0.15, -0.1) is 0 Å². The maximum absolute atomic E-state index is 9.46. The van der Waals surface area contributed by atoms with Crippen molar-refractivity contribution in [3.63, 3.8) is 0 Å². The molecule has 8 nitrogen and oxygen atoms in total. The maximum Gasteiger partial charge on any atom is 0.246 e. The standard InChI is InChI=1S/C15H22N6O2/c1-3-4-12-18-14(23-20-12)8-21(2)13-7-11(17-15(16)19-13)9-5-10(22)6-9/h7,9-10,22H,3-6,8H2,1-2H3,(H2,16,17,19). The number of hydrogen-bond donors (Lipinski definition) is 2. The molecule has 0 spiro atoms. The van der Waals surface area contributed by atoms with Crippen LogP contribution in [0.15, 0.2) is 10.6 Å². The van der Waals surface area contributed by atoms with E-state index in [1.165, 1.54) is 0 Å². The first-order valence-electron chi connectivity index (χ1n) is 7.90. The lowest BCUT2D eigenvalue weighted by Gasteiger charge is -2.31. The SMILES string of the molecule is CCCc1noc(CN(C)c2cc(C3CC(O)C3)nc(N)n2)n1. The van der Waals surface area contributed by atoms with Gasteiger partial charge in [0.15, 0.2) is 5.82 Å². The van der Waals surface area contributed by atoms with E-state index < -0.39 is 0 Å². The molecule has 0 unspecified atom stereocenters. The van der Waals surface area contributed by atoms with Gasteiger partial charge in [0.25, 0.3) is 0 Å². The molecule has 1 aliphatic carbocycles. The monoisotopic (exact) mass is 318 g/mol. The molecule has 0 bridgehead atoms. The Morgan fingerprint density at radius 3 is 2.83 bits per heavy atom. The van der Waals surface area contributed by atoms with Gasteiger partial charge < -0.3 is 20.3 Å². The summed E-state index contributed by atoms with van der Waals surface area (Å²) in [6.07, 6.45) is 3.01. The van der Waals surface area contributed by atoms with Crippen molar-refractivity contribution >= 4 is 11.8 Å². The van der Waals surface area contributed by atoms with Gasteiger partial charge in [0.2, 0.25) is 11.8 Å². The van der Waals surface area contributed by atoms with E-state index in [4.69, 9.17) is 10.3 Å². The zero-order valence-electron chi connectivity index (χ0n) is 13.4. The van der Waals surface area contributed by atoms with Crippen LogP contribution in [0.1, 0.15) is 49.5 Å². The minimum atomic E-state index is -0.229. The third-order valence-electron chi connectivity index (χ3n) is 4.03. The van der Waals surface area contributed by atoms with Crippen LogP contribution >= 0.6 is 0 Å². The topological polar surface area (TPSA) is 114 Å². The first-order chi connectivity index (χ1) is 11.0. The van der Waals surface area contributed by atoms with Crippen LogP contribution in [-0.2, 0) is 13.0 Å². The maximum atomic E-state index is 9.46. The Morgan fingerprint density at radius 2 is 2.13 bits per heavy atom. The number of nitrogen functional groups attached to an aromatic ring is 1. The largest absolute Gasteiger partial charge is 0.393 e. The third kappa shape index (κ3) is 3.58. The fourth-order valence-corrected chi connectivity index (χ4v) is 2.67. The molecule has 1 aliphatic rings. The summed E-state index contributed by atoms with van der Waals surface area (Å²) in [4.78, 5) is 14.8. The number of aliphatic hydroxyl groups is 1. The molecule has 23 heavy (non-hydrogen) atoms. The van der Waals surface area contributed by atoms with Gasteiger partial charge in [0.05, 0.1) is 18.3 Å². The highest BCUT2D eigenvalue weighted by Gasteiger charge is 2.30. The molecule has 0 radical (unpaired) electrons. The molecule has 0 atom stereocenters. The second kappa shape index (κ2) is 6.49. The highest BCUT2D eigenvalue weighted by atomic mass is 16.5. The molecular weight excluding hydrogens is 296 g/mol. The smallest absolute Gasteiger partial charge is 0.246 e. The number of hydrogen-bond acceptors (Lipinski definition) is 8. The van der Waals surface area contributed by atoms with Crippen LogP contribution in [0.25, 0.3) is 0 Å². The minimum Gasteiger partial charge on any atom is -0.393 e. The van der Waals surface area contributed by atoms with Gasteiger partial charge in [0, 0.05) is 25.5 Å². The number of aliphatic hydroxyl groups excluding tert-OH is 1. The van der Waals surface area contributed by atoms with Gasteiger partial charge >= 0.3 is 0 Å². The molecule has 1 fully saturated rings. The second-order valence-electron chi connectivity index (χ2n) is 6.04. The summed E-state index contributed by atoms with van der Waals surface area (Å²) in [5.74, 6) is 2.48. The Morgan fingerprint density at radius 1 is 1.35 bits per heavy atom. The van der Waals surface area contributed by atoms with E-state index in [-0.39, 0.29) is 18.0 Å². The van der Waals surface area contributed by atoms with Crippen molar-refractivity contribution in [1.82, 2.24) is 20.1 Å². The van der Waals surface area contributed by atoms with E-state index in [2.05, 4.69) is 27.0 Å². The van der Waals surface area contributed by atoms with Crippen LogP contribution in [0.4, 0.5) is 11.8 Å². The van der Waals surface area contributed by atoms with E-state index >= 15 is 0 Å². The number of anilines is 2. The van der Waals surface area contributed by atoms with Crippen molar-refractivity contribution in [3.05, 3.63) is 23.5 Å². The predicted octanol–water partition coefficient (Wildman–Crippen LogP) is 1.27. The lowest BCUT2D eigenvalue weighted by Crippen LogP contribution is -2.28. The van der Waals surface area contributed by atoms with Gasteiger partial charge in [-0.3, -0.25) is 0 Å². The Hall–Kier alpha value is -2.22. The first-order valence-corrected chi connectivity index (χ1v) is 7.90. The fourth-order valence-electron chi connectivity index (χ4n) is 2.67. The Kier molecular flexibility index (Phi) is 4.42. The van der Waals surface area contributed by atoms with Gasteiger partial charge in [-0.05, 0) is 19.3 Å². The summed E-state index contributed by atoms with van der Waals surface area (Å²) in [6.45, 7) is 2.53. The summed E-state index contributed by atoms with van der Waals surface area (Å²) >= 11 is 0. The molecule has 2 aromatic heterocycles. The summed E-state index contributed by atoms with van der Waals surface area (Å²) in [6, 6.07) is 1.91. The summed E-state index contributed by atoms with van der Waals surface area (Å²) in [5.41, 5.74) is 6.70. The molecule has 1 saturated carbocycles.